The molecule has 1 unspecified atom stereocenters. The fourth-order valence-corrected chi connectivity index (χ4v) is 1.50. The molecule has 0 aliphatic carbocycles. The molecule has 1 aromatic rings. The van der Waals surface area contributed by atoms with Crippen LogP contribution in [0.1, 0.15) is 33.3 Å². The maximum absolute atomic E-state index is 9.71. The summed E-state index contributed by atoms with van der Waals surface area (Å²) in [6.45, 7) is 5.84. The molecule has 0 amide bonds. The Morgan fingerprint density at radius 3 is 2.33 bits per heavy atom. The Bertz CT molecular complexity index is 363. The highest BCUT2D eigenvalue weighted by molar-refractivity contribution is 5.30. The zero-order valence-electron chi connectivity index (χ0n) is 10.5. The molecule has 0 aliphatic rings. The minimum Gasteiger partial charge on any atom is -0.372 e. The summed E-state index contributed by atoms with van der Waals surface area (Å²) in [6.07, 6.45) is 1.02. The van der Waals surface area contributed by atoms with Crippen LogP contribution in [0.25, 0.3) is 0 Å². The molecule has 0 saturated carbocycles. The Labute approximate surface area is 92.7 Å². The van der Waals surface area contributed by atoms with E-state index in [9.17, 15) is 5.11 Å². The van der Waals surface area contributed by atoms with Crippen LogP contribution in [-0.4, -0.2) is 5.11 Å². The molecule has 1 atom stereocenters. The van der Waals surface area contributed by atoms with Crippen molar-refractivity contribution < 1.29 is 6.53 Å². The minimum absolute atomic E-state index is 0. The molecule has 2 heteroatoms. The smallest absolute Gasteiger partial charge is 0.372 e. The van der Waals surface area contributed by atoms with Gasteiger partial charge in [0.25, 0.3) is 0 Å². The first-order chi connectivity index (χ1) is 6.95. The molecule has 0 bridgehead atoms. The van der Waals surface area contributed by atoms with Crippen LogP contribution in [0.2, 0.25) is 0 Å². The van der Waals surface area contributed by atoms with Crippen LogP contribution in [0.4, 0.5) is 0 Å². The molecule has 0 radical (unpaired) electrons. The third kappa shape index (κ3) is 3.07. The Kier molecular flexibility index (Phi) is 3.49. The summed E-state index contributed by atoms with van der Waals surface area (Å²) in [5, 5.41) is 18.5. The van der Waals surface area contributed by atoms with E-state index in [-0.39, 0.29) is 1.43 Å². The van der Waals surface area contributed by atoms with Crippen molar-refractivity contribution in [3.05, 3.63) is 35.4 Å². The van der Waals surface area contributed by atoms with Gasteiger partial charge in [-0.05, 0) is 30.4 Å². The third-order valence-corrected chi connectivity index (χ3v) is 2.38. The highest BCUT2D eigenvalue weighted by Crippen LogP contribution is 2.20. The van der Waals surface area contributed by atoms with Crippen molar-refractivity contribution in [2.24, 2.45) is 5.92 Å². The van der Waals surface area contributed by atoms with Crippen molar-refractivity contribution in [3.8, 4) is 6.07 Å². The van der Waals surface area contributed by atoms with Crippen LogP contribution in [-0.2, 0) is 12.0 Å². The van der Waals surface area contributed by atoms with Gasteiger partial charge in [-0.1, -0.05) is 38.1 Å². The van der Waals surface area contributed by atoms with Crippen molar-refractivity contribution in [1.82, 2.24) is 0 Å². The highest BCUT2D eigenvalue weighted by atomic mass is 16.3. The number of benzene rings is 1. The quantitative estimate of drug-likeness (QED) is 0.769. The Hall–Kier alpha value is -1.33. The monoisotopic (exact) mass is 204 g/mol. The van der Waals surface area contributed by atoms with Gasteiger partial charge in [-0.25, -0.2) is 0 Å². The van der Waals surface area contributed by atoms with Gasteiger partial charge in [-0.3, -0.25) is 0 Å². The van der Waals surface area contributed by atoms with E-state index in [1.165, 1.54) is 12.5 Å². The zero-order valence-corrected chi connectivity index (χ0v) is 9.49. The number of hydrogen-bond acceptors (Lipinski definition) is 2. The molecule has 1 rings (SSSR count). The van der Waals surface area contributed by atoms with E-state index in [1.54, 1.807) is 0 Å². The van der Waals surface area contributed by atoms with Gasteiger partial charge in [-0.15, -0.1) is 0 Å². The van der Waals surface area contributed by atoms with E-state index in [0.29, 0.717) is 11.5 Å². The third-order valence-electron chi connectivity index (χ3n) is 2.38. The lowest BCUT2D eigenvalue weighted by molar-refractivity contribution is 0.119. The molecule has 1 N–H and O–H groups in total. The first kappa shape index (κ1) is 11.7. The van der Waals surface area contributed by atoms with Gasteiger partial charge in [0.15, 0.2) is 5.60 Å². The fourth-order valence-electron chi connectivity index (χ4n) is 1.50. The summed E-state index contributed by atoms with van der Waals surface area (Å²) in [6, 6.07) is 9.46. The maximum Gasteiger partial charge on any atom is 1.00 e. The van der Waals surface area contributed by atoms with Crippen LogP contribution < -0.4 is 0 Å². The standard InChI is InChI=1S/C13H17NO/c1-10(2)8-11-4-6-12(7-5-11)13(3,15)9-14/h4-7,10,15H,8H2,1-3H3/p+1. The van der Waals surface area contributed by atoms with Crippen molar-refractivity contribution in [3.63, 3.8) is 0 Å². The molecule has 0 fully saturated rings. The molecule has 0 spiro atoms. The minimum atomic E-state index is -1.38. The van der Waals surface area contributed by atoms with Gasteiger partial charge in [0.1, 0.15) is 6.07 Å². The molecule has 0 aromatic heterocycles. The molecule has 0 heterocycles. The fraction of sp³-hybridized carbons (Fsp3) is 0.462. The largest absolute Gasteiger partial charge is 1.00 e. The molecule has 15 heavy (non-hydrogen) atoms. The number of aliphatic hydroxyl groups is 1. The summed E-state index contributed by atoms with van der Waals surface area (Å²) >= 11 is 0. The number of rotatable bonds is 3. The summed E-state index contributed by atoms with van der Waals surface area (Å²) < 4.78 is 0. The van der Waals surface area contributed by atoms with Crippen molar-refractivity contribution in [1.29, 1.82) is 5.26 Å². The molecule has 0 saturated heterocycles. The predicted molar refractivity (Wildman–Crippen MR) is 61.3 cm³/mol. The van der Waals surface area contributed by atoms with E-state index in [1.807, 2.05) is 30.3 Å². The Balaban J connectivity index is 0.00000225. The SMILES string of the molecule is CC(C)Cc1ccc(C(C)(O)C#N)cc1.[H+]. The van der Waals surface area contributed by atoms with Crippen molar-refractivity contribution >= 4 is 0 Å². The van der Waals surface area contributed by atoms with Crippen LogP contribution in [0.15, 0.2) is 24.3 Å². The van der Waals surface area contributed by atoms with Crippen LogP contribution >= 0.6 is 0 Å². The lowest BCUT2D eigenvalue weighted by Gasteiger charge is -2.15. The number of nitriles is 1. The first-order valence-electron chi connectivity index (χ1n) is 5.19. The Morgan fingerprint density at radius 1 is 1.40 bits per heavy atom. The summed E-state index contributed by atoms with van der Waals surface area (Å²) in [5.41, 5.74) is 0.510. The molecular weight excluding hydrogens is 186 g/mol. The second-order valence-corrected chi connectivity index (χ2v) is 4.48. The number of nitrogens with zero attached hydrogens (tertiary/aromatic N) is 1. The molecular formula is C13H18NO+. The summed E-state index contributed by atoms with van der Waals surface area (Å²) in [4.78, 5) is 0. The average molecular weight is 204 g/mol. The first-order valence-corrected chi connectivity index (χ1v) is 5.19. The van der Waals surface area contributed by atoms with Crippen molar-refractivity contribution in [2.75, 3.05) is 0 Å². The predicted octanol–water partition coefficient (Wildman–Crippen LogP) is 2.73. The highest BCUT2D eigenvalue weighted by Gasteiger charge is 2.21. The normalized spacial score (nSPS) is 14.7. The van der Waals surface area contributed by atoms with Gasteiger partial charge >= 0.3 is 1.43 Å². The lowest BCUT2D eigenvalue weighted by Crippen LogP contribution is -2.17. The van der Waals surface area contributed by atoms with Gasteiger partial charge in [0.05, 0.1) is 0 Å². The zero-order chi connectivity index (χ0) is 11.5. The molecule has 1 aromatic carbocycles. The van der Waals surface area contributed by atoms with Gasteiger partial charge in [0.2, 0.25) is 0 Å². The van der Waals surface area contributed by atoms with E-state index >= 15 is 0 Å². The molecule has 0 aliphatic heterocycles. The van der Waals surface area contributed by atoms with E-state index in [0.717, 1.165) is 6.42 Å². The van der Waals surface area contributed by atoms with E-state index in [2.05, 4.69) is 13.8 Å². The average Bonchev–Trinajstić information content (AvgIpc) is 2.18. The molecule has 2 nitrogen and oxygen atoms in total. The van der Waals surface area contributed by atoms with Crippen LogP contribution in [0, 0.1) is 17.2 Å². The summed E-state index contributed by atoms with van der Waals surface area (Å²) in [7, 11) is 0. The topological polar surface area (TPSA) is 44.0 Å². The van der Waals surface area contributed by atoms with E-state index in [4.69, 9.17) is 5.26 Å². The second-order valence-electron chi connectivity index (χ2n) is 4.48. The Morgan fingerprint density at radius 2 is 1.93 bits per heavy atom. The van der Waals surface area contributed by atoms with Crippen LogP contribution in [0.3, 0.4) is 0 Å². The summed E-state index contributed by atoms with van der Waals surface area (Å²) in [5.74, 6) is 0.618. The van der Waals surface area contributed by atoms with Gasteiger partial charge in [-0.2, -0.15) is 5.26 Å². The van der Waals surface area contributed by atoms with Crippen molar-refractivity contribution in [2.45, 2.75) is 32.8 Å². The maximum atomic E-state index is 9.71. The van der Waals surface area contributed by atoms with Crippen LogP contribution in [0.5, 0.6) is 0 Å². The lowest BCUT2D eigenvalue weighted by atomic mass is 9.95. The van der Waals surface area contributed by atoms with Gasteiger partial charge in [0, 0.05) is 0 Å². The molecule has 80 valence electrons. The van der Waals surface area contributed by atoms with Gasteiger partial charge < -0.3 is 5.11 Å². The number of hydrogen-bond donors (Lipinski definition) is 1. The second kappa shape index (κ2) is 4.46. The van der Waals surface area contributed by atoms with E-state index < -0.39 is 5.60 Å².